The van der Waals surface area contributed by atoms with Crippen LogP contribution in [0.2, 0.25) is 0 Å². The van der Waals surface area contributed by atoms with Crippen LogP contribution in [0.1, 0.15) is 58.5 Å². The van der Waals surface area contributed by atoms with Crippen LogP contribution in [0.25, 0.3) is 11.1 Å². The molecule has 0 atom stereocenters. The molecule has 3 rings (SSSR count). The van der Waals surface area contributed by atoms with Gasteiger partial charge < -0.3 is 9.47 Å². The number of ether oxygens (including phenoxy) is 2. The Balaban J connectivity index is 2.17. The number of carbonyl (C=O) groups excluding carboxylic acids is 2. The first-order valence-corrected chi connectivity index (χ1v) is 10.2. The van der Waals surface area contributed by atoms with Crippen LogP contribution < -0.4 is 0 Å². The van der Waals surface area contributed by atoms with Crippen molar-refractivity contribution in [1.29, 1.82) is 0 Å². The van der Waals surface area contributed by atoms with Crippen molar-refractivity contribution in [3.63, 3.8) is 0 Å². The molecule has 0 saturated carbocycles. The van der Waals surface area contributed by atoms with Crippen molar-refractivity contribution in [3.8, 4) is 11.1 Å². The Morgan fingerprint density at radius 1 is 0.963 bits per heavy atom. The Morgan fingerprint density at radius 2 is 1.63 bits per heavy atom. The number of hydrogen-bond acceptors (Lipinski definition) is 4. The summed E-state index contributed by atoms with van der Waals surface area (Å²) >= 11 is 3.48. The minimum atomic E-state index is -0.431. The lowest BCUT2D eigenvalue weighted by Crippen LogP contribution is -2.18. The Morgan fingerprint density at radius 3 is 2.33 bits per heavy atom. The maximum Gasteiger partial charge on any atom is 0.339 e. The molecule has 0 unspecified atom stereocenters. The van der Waals surface area contributed by atoms with Crippen LogP contribution >= 0.6 is 15.9 Å². The van der Waals surface area contributed by atoms with E-state index in [0.717, 1.165) is 42.4 Å². The van der Waals surface area contributed by atoms with Crippen LogP contribution in [0.15, 0.2) is 34.8 Å². The number of aryl methyl sites for hydroxylation is 1. The van der Waals surface area contributed by atoms with E-state index in [9.17, 15) is 9.59 Å². The number of fused-ring (bicyclic) bond motifs is 3. The molecule has 0 aromatic heterocycles. The van der Waals surface area contributed by atoms with Crippen molar-refractivity contribution in [2.75, 3.05) is 13.2 Å². The molecule has 0 amide bonds. The molecule has 1 aliphatic rings. The fourth-order valence-corrected chi connectivity index (χ4v) is 4.04. The van der Waals surface area contributed by atoms with Crippen LogP contribution in [-0.2, 0) is 22.3 Å². The third-order valence-corrected chi connectivity index (χ3v) is 5.45. The second-order valence-electron chi connectivity index (χ2n) is 6.57. The first-order chi connectivity index (χ1) is 13.1. The molecule has 1 aliphatic carbocycles. The van der Waals surface area contributed by atoms with Gasteiger partial charge in [-0.25, -0.2) is 9.59 Å². The smallest absolute Gasteiger partial charge is 0.339 e. The lowest BCUT2D eigenvalue weighted by atomic mass is 9.82. The predicted molar refractivity (Wildman–Crippen MR) is 108 cm³/mol. The van der Waals surface area contributed by atoms with Gasteiger partial charge in [0, 0.05) is 4.47 Å². The molecule has 2 aromatic carbocycles. The lowest BCUT2D eigenvalue weighted by Gasteiger charge is -2.24. The van der Waals surface area contributed by atoms with Crippen LogP contribution in [0.3, 0.4) is 0 Å². The number of esters is 2. The molecule has 0 saturated heterocycles. The molecule has 0 N–H and O–H groups in total. The maximum absolute atomic E-state index is 12.8. The van der Waals surface area contributed by atoms with Crippen molar-refractivity contribution in [1.82, 2.24) is 0 Å². The summed E-state index contributed by atoms with van der Waals surface area (Å²) in [6, 6.07) is 9.94. The molecule has 5 heteroatoms. The predicted octanol–water partition coefficient (Wildman–Crippen LogP) is 5.35. The Hall–Kier alpha value is -2.14. The lowest BCUT2D eigenvalue weighted by molar-refractivity contribution is 0.0500. The molecule has 27 heavy (non-hydrogen) atoms. The third kappa shape index (κ3) is 3.93. The quantitative estimate of drug-likeness (QED) is 0.579. The van der Waals surface area contributed by atoms with Gasteiger partial charge in [0.15, 0.2) is 0 Å². The van der Waals surface area contributed by atoms with E-state index in [1.54, 1.807) is 0 Å². The van der Waals surface area contributed by atoms with Crippen molar-refractivity contribution in [2.45, 2.75) is 39.5 Å². The van der Waals surface area contributed by atoms with Crippen LogP contribution in [0.5, 0.6) is 0 Å². The van der Waals surface area contributed by atoms with E-state index in [-0.39, 0.29) is 0 Å². The van der Waals surface area contributed by atoms with Crippen molar-refractivity contribution < 1.29 is 19.1 Å². The Kier molecular flexibility index (Phi) is 6.32. The highest BCUT2D eigenvalue weighted by atomic mass is 79.9. The molecule has 0 bridgehead atoms. The number of rotatable bonds is 6. The van der Waals surface area contributed by atoms with Gasteiger partial charge in [0.25, 0.3) is 0 Å². The van der Waals surface area contributed by atoms with Gasteiger partial charge in [0.05, 0.1) is 24.3 Å². The van der Waals surface area contributed by atoms with E-state index < -0.39 is 11.9 Å². The van der Waals surface area contributed by atoms with E-state index in [0.29, 0.717) is 28.8 Å². The summed E-state index contributed by atoms with van der Waals surface area (Å²) in [5, 5.41) is 0. The highest BCUT2D eigenvalue weighted by molar-refractivity contribution is 9.10. The highest BCUT2D eigenvalue weighted by Gasteiger charge is 2.29. The van der Waals surface area contributed by atoms with Crippen LogP contribution in [-0.4, -0.2) is 25.2 Å². The average molecular weight is 431 g/mol. The maximum atomic E-state index is 12.8. The van der Waals surface area contributed by atoms with E-state index in [4.69, 9.17) is 9.47 Å². The van der Waals surface area contributed by atoms with E-state index in [1.807, 2.05) is 38.1 Å². The first-order valence-electron chi connectivity index (χ1n) is 9.36. The Bertz CT molecular complexity index is 873. The number of benzene rings is 2. The summed E-state index contributed by atoms with van der Waals surface area (Å²) in [5.41, 5.74) is 4.91. The standard InChI is InChI=1S/C22H23BrO4/c1-3-11-26-21(24)18-13-17-15-8-6-5-7-14(15)9-10-16(17)19(20(18)23)22(25)27-12-4-2/h5-8,13H,3-4,9-12H2,1-2H3. The highest BCUT2D eigenvalue weighted by Crippen LogP contribution is 2.40. The fraction of sp³-hybridized carbons (Fsp3) is 0.364. The second-order valence-corrected chi connectivity index (χ2v) is 7.36. The molecule has 0 heterocycles. The largest absolute Gasteiger partial charge is 0.462 e. The molecule has 0 aliphatic heterocycles. The van der Waals surface area contributed by atoms with Crippen molar-refractivity contribution >= 4 is 27.9 Å². The second kappa shape index (κ2) is 8.70. The summed E-state index contributed by atoms with van der Waals surface area (Å²) in [5.74, 6) is -0.830. The monoisotopic (exact) mass is 430 g/mol. The molecule has 2 aromatic rings. The average Bonchev–Trinajstić information content (AvgIpc) is 2.69. The van der Waals surface area contributed by atoms with Gasteiger partial charge in [-0.05, 0) is 69.9 Å². The summed E-state index contributed by atoms with van der Waals surface area (Å²) < 4.78 is 11.2. The Labute approximate surface area is 168 Å². The van der Waals surface area contributed by atoms with Crippen molar-refractivity contribution in [3.05, 3.63) is 57.1 Å². The van der Waals surface area contributed by atoms with Gasteiger partial charge in [0.2, 0.25) is 0 Å². The fourth-order valence-electron chi connectivity index (χ4n) is 3.36. The molecule has 0 spiro atoms. The van der Waals surface area contributed by atoms with Gasteiger partial charge in [-0.3, -0.25) is 0 Å². The minimum absolute atomic E-state index is 0.342. The SMILES string of the molecule is CCCOC(=O)c1cc2c(c(C(=O)OCCC)c1Br)CCc1ccccc1-2. The molecule has 0 fully saturated rings. The summed E-state index contributed by atoms with van der Waals surface area (Å²) in [4.78, 5) is 25.4. The minimum Gasteiger partial charge on any atom is -0.462 e. The van der Waals surface area contributed by atoms with Gasteiger partial charge in [0.1, 0.15) is 0 Å². The zero-order valence-corrected chi connectivity index (χ0v) is 17.2. The summed E-state index contributed by atoms with van der Waals surface area (Å²) in [6.45, 7) is 4.58. The number of carbonyl (C=O) groups is 2. The summed E-state index contributed by atoms with van der Waals surface area (Å²) in [7, 11) is 0. The first kappa shape index (κ1) is 19.6. The van der Waals surface area contributed by atoms with Gasteiger partial charge in [-0.2, -0.15) is 0 Å². The van der Waals surface area contributed by atoms with E-state index in [1.165, 1.54) is 5.56 Å². The molecular formula is C22H23BrO4. The zero-order valence-electron chi connectivity index (χ0n) is 15.6. The summed E-state index contributed by atoms with van der Waals surface area (Å²) in [6.07, 6.45) is 3.06. The van der Waals surface area contributed by atoms with Gasteiger partial charge in [-0.15, -0.1) is 0 Å². The third-order valence-electron chi connectivity index (χ3n) is 4.62. The van der Waals surface area contributed by atoms with E-state index in [2.05, 4.69) is 22.0 Å². The van der Waals surface area contributed by atoms with Gasteiger partial charge >= 0.3 is 11.9 Å². The van der Waals surface area contributed by atoms with Crippen LogP contribution in [0, 0.1) is 0 Å². The number of halogens is 1. The molecule has 0 radical (unpaired) electrons. The van der Waals surface area contributed by atoms with Crippen LogP contribution in [0.4, 0.5) is 0 Å². The van der Waals surface area contributed by atoms with Crippen molar-refractivity contribution in [2.24, 2.45) is 0 Å². The molecule has 142 valence electrons. The zero-order chi connectivity index (χ0) is 19.4. The topological polar surface area (TPSA) is 52.6 Å². The van der Waals surface area contributed by atoms with E-state index >= 15 is 0 Å². The molecular weight excluding hydrogens is 408 g/mol. The normalized spacial score (nSPS) is 12.1. The molecule has 4 nitrogen and oxygen atoms in total. The van der Waals surface area contributed by atoms with Gasteiger partial charge in [-0.1, -0.05) is 38.1 Å². The number of hydrogen-bond donors (Lipinski definition) is 0.